The Kier molecular flexibility index (Phi) is 7.09. The highest BCUT2D eigenvalue weighted by atomic mass is 19.1. The molecule has 2 fully saturated rings. The minimum atomic E-state index is -0.342. The predicted octanol–water partition coefficient (Wildman–Crippen LogP) is 5.11. The average Bonchev–Trinajstić information content (AvgIpc) is 3.38. The van der Waals surface area contributed by atoms with Crippen molar-refractivity contribution in [2.24, 2.45) is 11.8 Å². The van der Waals surface area contributed by atoms with Gasteiger partial charge in [-0.2, -0.15) is 0 Å². The van der Waals surface area contributed by atoms with Crippen molar-refractivity contribution in [2.45, 2.75) is 44.7 Å². The molecule has 0 aromatic heterocycles. The van der Waals surface area contributed by atoms with Crippen molar-refractivity contribution < 1.29 is 14.0 Å². The number of likely N-dealkylation sites (tertiary alicyclic amines) is 1. The number of piperidine rings is 1. The molecular formula is C29H32FN3O2. The molecule has 3 aromatic rings. The first-order valence-electron chi connectivity index (χ1n) is 12.6. The Morgan fingerprint density at radius 2 is 1.54 bits per heavy atom. The maximum Gasteiger partial charge on any atom is 0.228 e. The van der Waals surface area contributed by atoms with E-state index in [-0.39, 0.29) is 35.5 Å². The first-order valence-corrected chi connectivity index (χ1v) is 12.6. The Hall–Kier alpha value is -3.25. The number of rotatable bonds is 6. The topological polar surface area (TPSA) is 61.4 Å². The molecule has 3 aromatic carbocycles. The van der Waals surface area contributed by atoms with Gasteiger partial charge < -0.3 is 10.6 Å². The summed E-state index contributed by atoms with van der Waals surface area (Å²) in [4.78, 5) is 28.6. The predicted molar refractivity (Wildman–Crippen MR) is 136 cm³/mol. The molecule has 5 nitrogen and oxygen atoms in total. The number of halogens is 1. The molecule has 182 valence electrons. The summed E-state index contributed by atoms with van der Waals surface area (Å²) in [6, 6.07) is 20.7. The molecule has 1 heterocycles. The normalized spacial score (nSPS) is 21.2. The van der Waals surface area contributed by atoms with Gasteiger partial charge in [0.1, 0.15) is 5.82 Å². The number of hydrogen-bond donors (Lipinski definition) is 2. The van der Waals surface area contributed by atoms with Crippen LogP contribution >= 0.6 is 0 Å². The largest absolute Gasteiger partial charge is 0.353 e. The van der Waals surface area contributed by atoms with Crippen molar-refractivity contribution in [2.75, 3.05) is 18.4 Å². The summed E-state index contributed by atoms with van der Waals surface area (Å²) in [5.41, 5.74) is 1.73. The minimum Gasteiger partial charge on any atom is -0.353 e. The molecule has 35 heavy (non-hydrogen) atoms. The van der Waals surface area contributed by atoms with E-state index in [0.717, 1.165) is 25.7 Å². The summed E-state index contributed by atoms with van der Waals surface area (Å²) in [6.45, 7) is 1.89. The van der Waals surface area contributed by atoms with Crippen molar-refractivity contribution in [3.63, 3.8) is 0 Å². The number of anilines is 1. The van der Waals surface area contributed by atoms with Crippen LogP contribution in [-0.4, -0.2) is 35.8 Å². The Labute approximate surface area is 205 Å². The van der Waals surface area contributed by atoms with Gasteiger partial charge >= 0.3 is 0 Å². The monoisotopic (exact) mass is 473 g/mol. The molecule has 0 bridgehead atoms. The van der Waals surface area contributed by atoms with Crippen LogP contribution in [0.1, 0.15) is 37.7 Å². The SMILES string of the molecule is O=C(Nc1ccc(F)cc1)[C@@H]1C[C@H](C(=O)NC2CCCC2)CN(Cc2ccc3ccccc3c2)C1. The van der Waals surface area contributed by atoms with Crippen molar-refractivity contribution in [1.82, 2.24) is 10.2 Å². The van der Waals surface area contributed by atoms with Crippen LogP contribution in [-0.2, 0) is 16.1 Å². The van der Waals surface area contributed by atoms with Crippen LogP contribution in [0.25, 0.3) is 10.8 Å². The molecule has 0 spiro atoms. The molecule has 2 atom stereocenters. The average molecular weight is 474 g/mol. The molecule has 5 rings (SSSR count). The summed E-state index contributed by atoms with van der Waals surface area (Å²) >= 11 is 0. The maximum absolute atomic E-state index is 13.3. The van der Waals surface area contributed by atoms with E-state index in [0.29, 0.717) is 31.7 Å². The third-order valence-corrected chi connectivity index (χ3v) is 7.30. The number of fused-ring (bicyclic) bond motifs is 1. The van der Waals surface area contributed by atoms with Crippen molar-refractivity contribution in [3.05, 3.63) is 78.1 Å². The molecule has 1 saturated carbocycles. The Morgan fingerprint density at radius 1 is 0.857 bits per heavy atom. The lowest BCUT2D eigenvalue weighted by Gasteiger charge is -2.37. The van der Waals surface area contributed by atoms with Crippen LogP contribution in [0, 0.1) is 17.7 Å². The van der Waals surface area contributed by atoms with E-state index in [1.165, 1.54) is 28.5 Å². The van der Waals surface area contributed by atoms with Crippen molar-refractivity contribution in [1.29, 1.82) is 0 Å². The first kappa shape index (κ1) is 23.5. The number of nitrogens with one attached hydrogen (secondary N) is 2. The second-order valence-corrected chi connectivity index (χ2v) is 9.99. The molecule has 1 aliphatic carbocycles. The number of nitrogens with zero attached hydrogens (tertiary/aromatic N) is 1. The van der Waals surface area contributed by atoms with Gasteiger partial charge in [-0.15, -0.1) is 0 Å². The molecule has 6 heteroatoms. The summed E-state index contributed by atoms with van der Waals surface area (Å²) in [7, 11) is 0. The maximum atomic E-state index is 13.3. The van der Waals surface area contributed by atoms with Gasteiger partial charge in [0.25, 0.3) is 0 Å². The van der Waals surface area contributed by atoms with E-state index in [2.05, 4.69) is 45.9 Å². The van der Waals surface area contributed by atoms with Gasteiger partial charge in [0.2, 0.25) is 11.8 Å². The van der Waals surface area contributed by atoms with Crippen LogP contribution in [0.15, 0.2) is 66.7 Å². The third-order valence-electron chi connectivity index (χ3n) is 7.30. The summed E-state index contributed by atoms with van der Waals surface area (Å²) in [5, 5.41) is 8.53. The Balaban J connectivity index is 1.32. The summed E-state index contributed by atoms with van der Waals surface area (Å²) in [6.07, 6.45) is 4.90. The number of carbonyl (C=O) groups is 2. The standard InChI is InChI=1S/C29H32FN3O2/c30-25-11-13-27(14-12-25)32-29(35)24-16-23(28(34)31-26-7-3-4-8-26)18-33(19-24)17-20-9-10-21-5-1-2-6-22(21)15-20/h1-2,5-6,9-15,23-24,26H,3-4,7-8,16-19H2,(H,31,34)(H,32,35)/t23-,24+/m0/s1. The van der Waals surface area contributed by atoms with Crippen LogP contribution in [0.2, 0.25) is 0 Å². The lowest BCUT2D eigenvalue weighted by atomic mass is 9.87. The lowest BCUT2D eigenvalue weighted by Crippen LogP contribution is -2.50. The van der Waals surface area contributed by atoms with E-state index < -0.39 is 0 Å². The second-order valence-electron chi connectivity index (χ2n) is 9.99. The number of benzene rings is 3. The molecule has 1 saturated heterocycles. The molecule has 2 amide bonds. The van der Waals surface area contributed by atoms with Crippen molar-refractivity contribution >= 4 is 28.3 Å². The van der Waals surface area contributed by atoms with Gasteiger partial charge in [-0.1, -0.05) is 49.2 Å². The zero-order valence-electron chi connectivity index (χ0n) is 19.9. The van der Waals surface area contributed by atoms with Crippen LogP contribution in [0.4, 0.5) is 10.1 Å². The van der Waals surface area contributed by atoms with Gasteiger partial charge in [0.05, 0.1) is 11.8 Å². The highest BCUT2D eigenvalue weighted by Crippen LogP contribution is 2.27. The highest BCUT2D eigenvalue weighted by Gasteiger charge is 2.36. The van der Waals surface area contributed by atoms with E-state index in [1.54, 1.807) is 12.1 Å². The van der Waals surface area contributed by atoms with Crippen molar-refractivity contribution in [3.8, 4) is 0 Å². The Morgan fingerprint density at radius 3 is 2.29 bits per heavy atom. The highest BCUT2D eigenvalue weighted by molar-refractivity contribution is 5.93. The lowest BCUT2D eigenvalue weighted by molar-refractivity contribution is -0.130. The van der Waals surface area contributed by atoms with Gasteiger partial charge in [0.15, 0.2) is 0 Å². The zero-order chi connectivity index (χ0) is 24.2. The fraction of sp³-hybridized carbons (Fsp3) is 0.379. The number of carbonyl (C=O) groups excluding carboxylic acids is 2. The first-order chi connectivity index (χ1) is 17.0. The van der Waals surface area contributed by atoms with Gasteiger partial charge in [-0.05, 0) is 65.9 Å². The summed E-state index contributed by atoms with van der Waals surface area (Å²) in [5.74, 6) is -0.980. The molecule has 2 N–H and O–H groups in total. The van der Waals surface area contributed by atoms with Gasteiger partial charge in [0, 0.05) is 31.4 Å². The second kappa shape index (κ2) is 10.6. The summed E-state index contributed by atoms with van der Waals surface area (Å²) < 4.78 is 13.3. The van der Waals surface area contributed by atoms with Crippen LogP contribution in [0.5, 0.6) is 0 Å². The molecule has 0 unspecified atom stereocenters. The van der Waals surface area contributed by atoms with E-state index >= 15 is 0 Å². The molecular weight excluding hydrogens is 441 g/mol. The fourth-order valence-electron chi connectivity index (χ4n) is 5.46. The van der Waals surface area contributed by atoms with E-state index in [1.807, 2.05) is 12.1 Å². The van der Waals surface area contributed by atoms with Gasteiger partial charge in [-0.3, -0.25) is 14.5 Å². The zero-order valence-corrected chi connectivity index (χ0v) is 19.9. The molecule has 2 aliphatic rings. The quantitative estimate of drug-likeness (QED) is 0.523. The smallest absolute Gasteiger partial charge is 0.228 e. The minimum absolute atomic E-state index is 0.0553. The van der Waals surface area contributed by atoms with E-state index in [4.69, 9.17) is 0 Å². The number of hydrogen-bond acceptors (Lipinski definition) is 3. The van der Waals surface area contributed by atoms with Gasteiger partial charge in [-0.25, -0.2) is 4.39 Å². The molecule has 0 radical (unpaired) electrons. The third kappa shape index (κ3) is 5.88. The van der Waals surface area contributed by atoms with Crippen LogP contribution < -0.4 is 10.6 Å². The van der Waals surface area contributed by atoms with Crippen LogP contribution in [0.3, 0.4) is 0 Å². The van der Waals surface area contributed by atoms with E-state index in [9.17, 15) is 14.0 Å². The Bertz CT molecular complexity index is 1190. The number of amides is 2. The fourth-order valence-corrected chi connectivity index (χ4v) is 5.46. The molecule has 1 aliphatic heterocycles.